The van der Waals surface area contributed by atoms with Crippen molar-refractivity contribution in [3.63, 3.8) is 0 Å². The van der Waals surface area contributed by atoms with Crippen LogP contribution in [0.15, 0.2) is 42.5 Å². The van der Waals surface area contributed by atoms with Gasteiger partial charge in [0.05, 0.1) is 6.10 Å². The standard InChI is InChI=1S/C41H53N3O4/c1-4-41(48)18-16-33-31-14-13-30-25-36(45)35(26-39(30,2)32(31)15-17-40(33,41)3)42-20-22-43(23-21-42)38(47)34-10-7-19-44(34)37(46)29-12-11-27-8-5-6-9-28(27)24-29/h1,5-6,8-9,11-12,24,30-36,45,48H,7,10,13-23,25-26H2,2-3H3. The molecule has 2 aliphatic heterocycles. The smallest absolute Gasteiger partial charge is 0.254 e. The number of carbonyl (C=O) groups excluding carboxylic acids is 2. The maximum Gasteiger partial charge on any atom is 0.254 e. The van der Waals surface area contributed by atoms with Gasteiger partial charge >= 0.3 is 0 Å². The number of carbonyl (C=O) groups is 2. The Morgan fingerprint density at radius 2 is 1.65 bits per heavy atom. The topological polar surface area (TPSA) is 84.3 Å². The summed E-state index contributed by atoms with van der Waals surface area (Å²) in [5.41, 5.74) is -0.381. The normalized spacial score (nSPS) is 41.4. The van der Waals surface area contributed by atoms with Gasteiger partial charge in [-0.05, 0) is 116 Å². The number of terminal acetylenes is 1. The monoisotopic (exact) mass is 651 g/mol. The molecule has 2 saturated heterocycles. The van der Waals surface area contributed by atoms with E-state index in [1.807, 2.05) is 47.4 Å². The van der Waals surface area contributed by atoms with Crippen molar-refractivity contribution >= 4 is 22.6 Å². The van der Waals surface area contributed by atoms with Crippen LogP contribution in [0.2, 0.25) is 0 Å². The second-order valence-corrected chi connectivity index (χ2v) is 16.8. The molecule has 7 nitrogen and oxygen atoms in total. The molecule has 2 aromatic rings. The van der Waals surface area contributed by atoms with Gasteiger partial charge in [-0.25, -0.2) is 0 Å². The number of amides is 2. The van der Waals surface area contributed by atoms with Crippen molar-refractivity contribution in [2.75, 3.05) is 32.7 Å². The molecule has 6 aliphatic rings. The number of aliphatic hydroxyl groups is 2. The minimum Gasteiger partial charge on any atom is -0.391 e. The average molecular weight is 652 g/mol. The molecule has 2 amide bonds. The fourth-order valence-corrected chi connectivity index (χ4v) is 12.1. The highest BCUT2D eigenvalue weighted by Gasteiger charge is 2.65. The van der Waals surface area contributed by atoms with Crippen molar-refractivity contribution in [3.8, 4) is 12.3 Å². The molecule has 256 valence electrons. The molecule has 0 spiro atoms. The number of rotatable bonds is 3. The number of hydrogen-bond acceptors (Lipinski definition) is 5. The lowest BCUT2D eigenvalue weighted by Crippen LogP contribution is -2.63. The zero-order chi connectivity index (χ0) is 33.4. The van der Waals surface area contributed by atoms with E-state index in [0.29, 0.717) is 61.7 Å². The van der Waals surface area contributed by atoms with Crippen LogP contribution >= 0.6 is 0 Å². The van der Waals surface area contributed by atoms with Gasteiger partial charge in [-0.15, -0.1) is 6.42 Å². The quantitative estimate of drug-likeness (QED) is 0.439. The maximum absolute atomic E-state index is 13.9. The molecule has 2 N–H and O–H groups in total. The Morgan fingerprint density at radius 3 is 2.42 bits per heavy atom. The minimum atomic E-state index is -0.984. The molecule has 0 bridgehead atoms. The van der Waals surface area contributed by atoms with Crippen LogP contribution in [0, 0.1) is 46.8 Å². The average Bonchev–Trinajstić information content (AvgIpc) is 3.70. The van der Waals surface area contributed by atoms with E-state index in [2.05, 4.69) is 24.7 Å². The third-order valence-corrected chi connectivity index (χ3v) is 15.0. The van der Waals surface area contributed by atoms with Crippen LogP contribution in [0.25, 0.3) is 10.8 Å². The molecule has 4 aliphatic carbocycles. The van der Waals surface area contributed by atoms with Crippen LogP contribution in [0.5, 0.6) is 0 Å². The number of hydrogen-bond donors (Lipinski definition) is 2. The number of likely N-dealkylation sites (tertiary alicyclic amines) is 1. The van der Waals surface area contributed by atoms with Gasteiger partial charge in [0.1, 0.15) is 11.6 Å². The summed E-state index contributed by atoms with van der Waals surface area (Å²) in [6.45, 7) is 8.15. The van der Waals surface area contributed by atoms with Crippen molar-refractivity contribution in [1.82, 2.24) is 14.7 Å². The fraction of sp³-hybridized carbons (Fsp3) is 0.659. The lowest BCUT2D eigenvalue weighted by molar-refractivity contribution is -0.163. The number of fused-ring (bicyclic) bond motifs is 6. The highest BCUT2D eigenvalue weighted by molar-refractivity contribution is 6.01. The van der Waals surface area contributed by atoms with Crippen molar-refractivity contribution in [2.45, 2.75) is 102 Å². The van der Waals surface area contributed by atoms with Gasteiger partial charge in [0, 0.05) is 49.7 Å². The van der Waals surface area contributed by atoms with Crippen LogP contribution in [0.1, 0.15) is 88.4 Å². The maximum atomic E-state index is 13.9. The van der Waals surface area contributed by atoms with Gasteiger partial charge < -0.3 is 20.0 Å². The van der Waals surface area contributed by atoms with E-state index in [4.69, 9.17) is 6.42 Å². The van der Waals surface area contributed by atoms with Crippen LogP contribution < -0.4 is 0 Å². The lowest BCUT2D eigenvalue weighted by Gasteiger charge is -2.63. The van der Waals surface area contributed by atoms with Crippen LogP contribution in [-0.4, -0.2) is 93.2 Å². The zero-order valence-corrected chi connectivity index (χ0v) is 28.8. The summed E-state index contributed by atoms with van der Waals surface area (Å²) in [6.07, 6.45) is 15.1. The van der Waals surface area contributed by atoms with Gasteiger partial charge in [0.25, 0.3) is 5.91 Å². The molecule has 8 rings (SSSR count). The van der Waals surface area contributed by atoms with Gasteiger partial charge in [-0.2, -0.15) is 0 Å². The molecular formula is C41H53N3O4. The Balaban J connectivity index is 0.925. The van der Waals surface area contributed by atoms with Crippen molar-refractivity contribution < 1.29 is 19.8 Å². The van der Waals surface area contributed by atoms with Crippen molar-refractivity contribution in [1.29, 1.82) is 0 Å². The Bertz CT molecular complexity index is 1630. The number of piperazine rings is 1. The highest BCUT2D eigenvalue weighted by atomic mass is 16.3. The molecule has 4 saturated carbocycles. The lowest BCUT2D eigenvalue weighted by atomic mass is 9.44. The molecule has 48 heavy (non-hydrogen) atoms. The summed E-state index contributed by atoms with van der Waals surface area (Å²) >= 11 is 0. The Morgan fingerprint density at radius 1 is 0.896 bits per heavy atom. The van der Waals surface area contributed by atoms with Crippen LogP contribution in [0.4, 0.5) is 0 Å². The summed E-state index contributed by atoms with van der Waals surface area (Å²) < 4.78 is 0. The van der Waals surface area contributed by atoms with Gasteiger partial charge in [0.15, 0.2) is 0 Å². The third-order valence-electron chi connectivity index (χ3n) is 15.0. The molecule has 0 radical (unpaired) electrons. The van der Waals surface area contributed by atoms with E-state index < -0.39 is 11.6 Å². The summed E-state index contributed by atoms with van der Waals surface area (Å²) in [5.74, 6) is 5.01. The first-order valence-electron chi connectivity index (χ1n) is 18.8. The predicted octanol–water partition coefficient (Wildman–Crippen LogP) is 5.34. The van der Waals surface area contributed by atoms with E-state index in [1.54, 1.807) is 4.90 Å². The Labute approximate surface area is 286 Å². The molecule has 2 heterocycles. The Kier molecular flexibility index (Phi) is 7.97. The van der Waals surface area contributed by atoms with E-state index in [9.17, 15) is 19.8 Å². The molecule has 7 heteroatoms. The minimum absolute atomic E-state index is 0.0567. The summed E-state index contributed by atoms with van der Waals surface area (Å²) in [6, 6.07) is 13.6. The zero-order valence-electron chi connectivity index (χ0n) is 28.8. The second kappa shape index (κ2) is 11.9. The van der Waals surface area contributed by atoms with E-state index in [1.165, 1.54) is 6.42 Å². The second-order valence-electron chi connectivity index (χ2n) is 16.8. The largest absolute Gasteiger partial charge is 0.391 e. The van der Waals surface area contributed by atoms with E-state index in [-0.39, 0.29) is 34.8 Å². The molecule has 10 unspecified atom stereocenters. The fourth-order valence-electron chi connectivity index (χ4n) is 12.1. The summed E-state index contributed by atoms with van der Waals surface area (Å²) in [4.78, 5) is 33.8. The van der Waals surface area contributed by atoms with Gasteiger partial charge in [-0.3, -0.25) is 14.5 Å². The van der Waals surface area contributed by atoms with Crippen molar-refractivity contribution in [3.05, 3.63) is 48.0 Å². The highest BCUT2D eigenvalue weighted by Crippen LogP contribution is 2.68. The molecule has 10 atom stereocenters. The van der Waals surface area contributed by atoms with Crippen LogP contribution in [0.3, 0.4) is 0 Å². The summed E-state index contributed by atoms with van der Waals surface area (Å²) in [5, 5.41) is 25.1. The summed E-state index contributed by atoms with van der Waals surface area (Å²) in [7, 11) is 0. The third kappa shape index (κ3) is 4.88. The number of nitrogens with zero attached hydrogens (tertiary/aromatic N) is 3. The van der Waals surface area contributed by atoms with E-state index >= 15 is 0 Å². The Hall–Kier alpha value is -2.92. The molecule has 6 fully saturated rings. The predicted molar refractivity (Wildman–Crippen MR) is 187 cm³/mol. The van der Waals surface area contributed by atoms with Gasteiger partial charge in [0.2, 0.25) is 5.91 Å². The molecule has 2 aromatic carbocycles. The first-order chi connectivity index (χ1) is 23.1. The SMILES string of the molecule is C#CC1(O)CCC2C3CCC4CC(O)C(N5CCN(C(=O)C6CCCN6C(=O)c6ccc7ccccc7c6)CC5)CC4(C)C3CCC21C. The van der Waals surface area contributed by atoms with Crippen LogP contribution in [-0.2, 0) is 4.79 Å². The molecule has 0 aromatic heterocycles. The van der Waals surface area contributed by atoms with Gasteiger partial charge in [-0.1, -0.05) is 50.1 Å². The first kappa shape index (κ1) is 32.3. The van der Waals surface area contributed by atoms with Crippen molar-refractivity contribution in [2.24, 2.45) is 34.5 Å². The number of aliphatic hydroxyl groups excluding tert-OH is 1. The van der Waals surface area contributed by atoms with E-state index in [0.717, 1.165) is 68.8 Å². The number of benzene rings is 2. The first-order valence-corrected chi connectivity index (χ1v) is 18.8. The molecular weight excluding hydrogens is 598 g/mol.